The second-order valence-corrected chi connectivity index (χ2v) is 6.13. The van der Waals surface area contributed by atoms with Crippen LogP contribution in [0.15, 0.2) is 21.8 Å². The Morgan fingerprint density at radius 2 is 2.44 bits per heavy atom. The van der Waals surface area contributed by atoms with Crippen LogP contribution < -0.4 is 0 Å². The minimum Gasteiger partial charge on any atom is -0.465 e. The van der Waals surface area contributed by atoms with Gasteiger partial charge in [-0.3, -0.25) is 4.98 Å². The number of pyridine rings is 1. The van der Waals surface area contributed by atoms with Gasteiger partial charge in [0.2, 0.25) is 0 Å². The molecule has 2 atom stereocenters. The largest absolute Gasteiger partial charge is 0.465 e. The van der Waals surface area contributed by atoms with Gasteiger partial charge in [-0.15, -0.1) is 11.8 Å². The highest BCUT2D eigenvalue weighted by Gasteiger charge is 2.42. The van der Waals surface area contributed by atoms with E-state index in [9.17, 15) is 4.79 Å². The van der Waals surface area contributed by atoms with E-state index in [2.05, 4.69) is 20.9 Å². The maximum atomic E-state index is 11.1. The zero-order chi connectivity index (χ0) is 11.3. The zero-order valence-electron chi connectivity index (χ0n) is 8.26. The number of carbonyl (C=O) groups is 1. The van der Waals surface area contributed by atoms with Crippen molar-refractivity contribution in [2.45, 2.75) is 22.6 Å². The molecule has 0 aliphatic carbocycles. The van der Waals surface area contributed by atoms with Crippen LogP contribution in [0.5, 0.6) is 0 Å². The molecule has 0 radical (unpaired) electrons. The molecule has 16 heavy (non-hydrogen) atoms. The number of carboxylic acid groups (broad SMARTS) is 1. The Balaban J connectivity index is 2.09. The summed E-state index contributed by atoms with van der Waals surface area (Å²) in [5, 5.41) is 9.52. The van der Waals surface area contributed by atoms with Gasteiger partial charge >= 0.3 is 6.09 Å². The van der Waals surface area contributed by atoms with Crippen molar-refractivity contribution in [1.82, 2.24) is 9.88 Å². The molecular weight excluding hydrogens is 292 g/mol. The summed E-state index contributed by atoms with van der Waals surface area (Å²) < 4.78 is 0.969. The SMILES string of the molecule is O=C(O)N1C[C@@H]2C[C@H]1c1cncc(Br)c1S2. The van der Waals surface area contributed by atoms with Crippen molar-refractivity contribution in [3.8, 4) is 0 Å². The Labute approximate surface area is 105 Å². The van der Waals surface area contributed by atoms with Gasteiger partial charge in [-0.1, -0.05) is 0 Å². The number of hydrogen-bond acceptors (Lipinski definition) is 3. The molecule has 0 saturated carbocycles. The Hall–Kier alpha value is -0.750. The van der Waals surface area contributed by atoms with Crippen LogP contribution >= 0.6 is 27.7 Å². The van der Waals surface area contributed by atoms with Gasteiger partial charge in [0, 0.05) is 39.1 Å². The predicted octanol–water partition coefficient (Wildman–Crippen LogP) is 2.74. The van der Waals surface area contributed by atoms with Crippen LogP contribution in [-0.2, 0) is 0 Å². The van der Waals surface area contributed by atoms with E-state index in [1.807, 2.05) is 0 Å². The molecule has 0 unspecified atom stereocenters. The summed E-state index contributed by atoms with van der Waals surface area (Å²) in [7, 11) is 0. The maximum Gasteiger partial charge on any atom is 0.407 e. The quantitative estimate of drug-likeness (QED) is 0.800. The number of amides is 1. The van der Waals surface area contributed by atoms with Crippen molar-refractivity contribution >= 4 is 33.8 Å². The van der Waals surface area contributed by atoms with Crippen molar-refractivity contribution in [2.24, 2.45) is 0 Å². The third-order valence-electron chi connectivity index (χ3n) is 3.03. The molecule has 1 N–H and O–H groups in total. The lowest BCUT2D eigenvalue weighted by Gasteiger charge is -2.24. The number of rotatable bonds is 0. The highest BCUT2D eigenvalue weighted by atomic mass is 79.9. The molecule has 6 heteroatoms. The topological polar surface area (TPSA) is 53.4 Å². The van der Waals surface area contributed by atoms with Crippen molar-refractivity contribution < 1.29 is 9.90 Å². The van der Waals surface area contributed by atoms with Gasteiger partial charge in [-0.25, -0.2) is 4.79 Å². The van der Waals surface area contributed by atoms with Crippen LogP contribution in [0.1, 0.15) is 18.0 Å². The molecule has 1 amide bonds. The molecule has 2 bridgehead atoms. The fourth-order valence-corrected chi connectivity index (χ4v) is 4.32. The van der Waals surface area contributed by atoms with Gasteiger partial charge in [0.15, 0.2) is 0 Å². The second-order valence-electron chi connectivity index (χ2n) is 3.97. The minimum absolute atomic E-state index is 0.0104. The van der Waals surface area contributed by atoms with E-state index in [1.165, 1.54) is 4.90 Å². The minimum atomic E-state index is -0.832. The summed E-state index contributed by atoms with van der Waals surface area (Å²) in [5.41, 5.74) is 1.04. The summed E-state index contributed by atoms with van der Waals surface area (Å²) in [6.45, 7) is 0.617. The average molecular weight is 301 g/mol. The van der Waals surface area contributed by atoms with Gasteiger partial charge in [0.1, 0.15) is 0 Å². The first-order valence-corrected chi connectivity index (χ1v) is 6.63. The molecule has 0 spiro atoms. The first-order chi connectivity index (χ1) is 7.66. The third kappa shape index (κ3) is 1.43. The Kier molecular flexibility index (Phi) is 2.36. The predicted molar refractivity (Wildman–Crippen MR) is 63.7 cm³/mol. The molecule has 1 aromatic heterocycles. The summed E-state index contributed by atoms with van der Waals surface area (Å²) in [6, 6.07) is -0.0104. The second kappa shape index (κ2) is 3.63. The lowest BCUT2D eigenvalue weighted by molar-refractivity contribution is 0.140. The fraction of sp³-hybridized carbons (Fsp3) is 0.400. The normalized spacial score (nSPS) is 26.7. The monoisotopic (exact) mass is 300 g/mol. The molecule has 3 rings (SSSR count). The van der Waals surface area contributed by atoms with E-state index in [0.717, 1.165) is 21.4 Å². The number of thioether (sulfide) groups is 1. The molecule has 1 aromatic rings. The molecule has 3 heterocycles. The van der Waals surface area contributed by atoms with Gasteiger partial charge in [0.25, 0.3) is 0 Å². The number of likely N-dealkylation sites (tertiary alicyclic amines) is 1. The molecule has 4 nitrogen and oxygen atoms in total. The molecular formula is C10H9BrN2O2S. The molecule has 84 valence electrons. The zero-order valence-corrected chi connectivity index (χ0v) is 10.7. The first kappa shape index (κ1) is 10.4. The van der Waals surface area contributed by atoms with E-state index in [0.29, 0.717) is 11.8 Å². The Bertz CT molecular complexity index is 468. The van der Waals surface area contributed by atoms with E-state index >= 15 is 0 Å². The molecule has 2 aliphatic heterocycles. The number of halogens is 1. The van der Waals surface area contributed by atoms with E-state index in [-0.39, 0.29) is 6.04 Å². The van der Waals surface area contributed by atoms with Gasteiger partial charge in [-0.05, 0) is 22.4 Å². The van der Waals surface area contributed by atoms with Crippen molar-refractivity contribution in [3.63, 3.8) is 0 Å². The Morgan fingerprint density at radius 3 is 3.19 bits per heavy atom. The molecule has 0 aromatic carbocycles. The summed E-state index contributed by atoms with van der Waals surface area (Å²) in [4.78, 5) is 17.9. The number of hydrogen-bond donors (Lipinski definition) is 1. The first-order valence-electron chi connectivity index (χ1n) is 4.96. The van der Waals surface area contributed by atoms with Crippen LogP contribution in [0, 0.1) is 0 Å². The van der Waals surface area contributed by atoms with Gasteiger partial charge < -0.3 is 10.0 Å². The van der Waals surface area contributed by atoms with Gasteiger partial charge in [-0.2, -0.15) is 0 Å². The number of aromatic nitrogens is 1. The van der Waals surface area contributed by atoms with E-state index < -0.39 is 6.09 Å². The third-order valence-corrected chi connectivity index (χ3v) is 5.26. The van der Waals surface area contributed by atoms with Crippen LogP contribution in [0.2, 0.25) is 0 Å². The standard InChI is InChI=1S/C10H9BrN2O2S/c11-7-3-12-2-6-8-1-5(16-9(6)7)4-13(8)10(14)15/h2-3,5,8H,1,4H2,(H,14,15)/t5-,8-/m0/s1. The lowest BCUT2D eigenvalue weighted by Crippen LogP contribution is -2.29. The Morgan fingerprint density at radius 1 is 1.62 bits per heavy atom. The lowest BCUT2D eigenvalue weighted by atomic mass is 10.1. The van der Waals surface area contributed by atoms with Crippen molar-refractivity contribution in [2.75, 3.05) is 6.54 Å². The molecule has 2 aliphatic rings. The maximum absolute atomic E-state index is 11.1. The van der Waals surface area contributed by atoms with Crippen LogP contribution in [0.3, 0.4) is 0 Å². The summed E-state index contributed by atoms with van der Waals surface area (Å²) in [6.07, 6.45) is 3.62. The summed E-state index contributed by atoms with van der Waals surface area (Å²) >= 11 is 5.23. The summed E-state index contributed by atoms with van der Waals surface area (Å²) in [5.74, 6) is 0. The van der Waals surface area contributed by atoms with E-state index in [4.69, 9.17) is 5.11 Å². The number of fused-ring (bicyclic) bond motifs is 4. The highest BCUT2D eigenvalue weighted by molar-refractivity contribution is 9.10. The van der Waals surface area contributed by atoms with Crippen molar-refractivity contribution in [1.29, 1.82) is 0 Å². The van der Waals surface area contributed by atoms with Crippen LogP contribution in [-0.4, -0.2) is 32.9 Å². The number of nitrogens with zero attached hydrogens (tertiary/aromatic N) is 2. The van der Waals surface area contributed by atoms with E-state index in [1.54, 1.807) is 24.2 Å². The van der Waals surface area contributed by atoms with Crippen LogP contribution in [0.4, 0.5) is 4.79 Å². The van der Waals surface area contributed by atoms with Gasteiger partial charge in [0.05, 0.1) is 6.04 Å². The van der Waals surface area contributed by atoms with Crippen LogP contribution in [0.25, 0.3) is 0 Å². The highest BCUT2D eigenvalue weighted by Crippen LogP contribution is 2.50. The average Bonchev–Trinajstić information content (AvgIpc) is 2.59. The molecule has 1 saturated heterocycles. The van der Waals surface area contributed by atoms with Crippen molar-refractivity contribution in [3.05, 3.63) is 22.4 Å². The molecule has 1 fully saturated rings. The smallest absolute Gasteiger partial charge is 0.407 e. The fourth-order valence-electron chi connectivity index (χ4n) is 2.36.